The highest BCUT2D eigenvalue weighted by Gasteiger charge is 2.21. The number of carbonyl (C=O) groups is 2. The molecule has 2 amide bonds. The summed E-state index contributed by atoms with van der Waals surface area (Å²) >= 11 is 0. The Morgan fingerprint density at radius 3 is 2.43 bits per heavy atom. The number of amides is 2. The Morgan fingerprint density at radius 1 is 1.11 bits per heavy atom. The van der Waals surface area contributed by atoms with Crippen molar-refractivity contribution in [3.63, 3.8) is 0 Å². The minimum absolute atomic E-state index is 0.0626. The Morgan fingerprint density at radius 2 is 1.82 bits per heavy atom. The molecule has 1 saturated heterocycles. The van der Waals surface area contributed by atoms with E-state index < -0.39 is 0 Å². The van der Waals surface area contributed by atoms with Crippen molar-refractivity contribution in [1.29, 1.82) is 0 Å². The molecule has 0 unspecified atom stereocenters. The number of hydrogen-bond acceptors (Lipinski definition) is 6. The maximum absolute atomic E-state index is 12.5. The lowest BCUT2D eigenvalue weighted by atomic mass is 10.2. The van der Waals surface area contributed by atoms with Crippen LogP contribution in [-0.4, -0.2) is 73.5 Å². The van der Waals surface area contributed by atoms with Gasteiger partial charge in [0.1, 0.15) is 23.9 Å². The summed E-state index contributed by atoms with van der Waals surface area (Å²) in [7, 11) is 1.62. The van der Waals surface area contributed by atoms with Crippen molar-refractivity contribution in [1.82, 2.24) is 14.8 Å². The van der Waals surface area contributed by atoms with Crippen molar-refractivity contribution in [3.05, 3.63) is 48.2 Å². The Kier molecular flexibility index (Phi) is 6.67. The molecular weight excluding hydrogens is 360 g/mol. The van der Waals surface area contributed by atoms with Gasteiger partial charge in [-0.05, 0) is 36.4 Å². The van der Waals surface area contributed by atoms with E-state index in [2.05, 4.69) is 10.3 Å². The number of nitrogens with one attached hydrogen (secondary N) is 1. The molecule has 0 saturated carbocycles. The molecule has 0 bridgehead atoms. The maximum atomic E-state index is 12.5. The standard InChI is InChI=1S/C20H24N4O4/c1-27-17-3-5-18(6-4-17)28-13-8-21-19-7-2-16(14-22-19)20(26)24-11-9-23(15-25)10-12-24/h2-7,14-15H,8-13H2,1H3,(H,21,22). The molecule has 0 aliphatic carbocycles. The molecule has 8 heteroatoms. The van der Waals surface area contributed by atoms with E-state index in [1.54, 1.807) is 35.2 Å². The normalized spacial score (nSPS) is 13.8. The van der Waals surface area contributed by atoms with Crippen molar-refractivity contribution in [2.75, 3.05) is 51.8 Å². The smallest absolute Gasteiger partial charge is 0.255 e. The van der Waals surface area contributed by atoms with Crippen LogP contribution < -0.4 is 14.8 Å². The summed E-state index contributed by atoms with van der Waals surface area (Å²) in [5.41, 5.74) is 0.541. The Balaban J connectivity index is 1.42. The van der Waals surface area contributed by atoms with Crippen LogP contribution in [0.4, 0.5) is 5.82 Å². The number of nitrogens with zero attached hydrogens (tertiary/aromatic N) is 3. The first-order valence-electron chi connectivity index (χ1n) is 9.15. The second-order valence-corrected chi connectivity index (χ2v) is 6.32. The van der Waals surface area contributed by atoms with Crippen LogP contribution >= 0.6 is 0 Å². The zero-order valence-electron chi connectivity index (χ0n) is 15.8. The zero-order chi connectivity index (χ0) is 19.8. The first-order chi connectivity index (χ1) is 13.7. The molecule has 0 radical (unpaired) electrons. The van der Waals surface area contributed by atoms with Crippen molar-refractivity contribution < 1.29 is 19.1 Å². The van der Waals surface area contributed by atoms with Crippen LogP contribution in [0.3, 0.4) is 0 Å². The topological polar surface area (TPSA) is 84.0 Å². The fourth-order valence-electron chi connectivity index (χ4n) is 2.86. The van der Waals surface area contributed by atoms with Crippen molar-refractivity contribution >= 4 is 18.1 Å². The highest BCUT2D eigenvalue weighted by Crippen LogP contribution is 2.17. The van der Waals surface area contributed by atoms with E-state index in [-0.39, 0.29) is 5.91 Å². The van der Waals surface area contributed by atoms with E-state index in [1.807, 2.05) is 24.3 Å². The number of piperazine rings is 1. The molecule has 1 aliphatic rings. The van der Waals surface area contributed by atoms with Gasteiger partial charge >= 0.3 is 0 Å². The largest absolute Gasteiger partial charge is 0.497 e. The fraction of sp³-hybridized carbons (Fsp3) is 0.350. The van der Waals surface area contributed by atoms with Gasteiger partial charge in [-0.2, -0.15) is 0 Å². The second-order valence-electron chi connectivity index (χ2n) is 6.32. The van der Waals surface area contributed by atoms with Gasteiger partial charge in [0, 0.05) is 32.4 Å². The number of aromatic nitrogens is 1. The van der Waals surface area contributed by atoms with Crippen molar-refractivity contribution in [2.24, 2.45) is 0 Å². The summed E-state index contributed by atoms with van der Waals surface area (Å²) in [6, 6.07) is 10.9. The highest BCUT2D eigenvalue weighted by atomic mass is 16.5. The predicted octanol–water partition coefficient (Wildman–Crippen LogP) is 1.50. The van der Waals surface area contributed by atoms with E-state index in [9.17, 15) is 9.59 Å². The van der Waals surface area contributed by atoms with Crippen molar-refractivity contribution in [2.45, 2.75) is 0 Å². The van der Waals surface area contributed by atoms with Gasteiger partial charge in [-0.3, -0.25) is 9.59 Å². The molecule has 1 N–H and O–H groups in total. The lowest BCUT2D eigenvalue weighted by Crippen LogP contribution is -2.48. The first-order valence-corrected chi connectivity index (χ1v) is 9.15. The Hall–Kier alpha value is -3.29. The number of benzene rings is 1. The highest BCUT2D eigenvalue weighted by molar-refractivity contribution is 5.94. The number of ether oxygens (including phenoxy) is 2. The lowest BCUT2D eigenvalue weighted by molar-refractivity contribution is -0.119. The maximum Gasteiger partial charge on any atom is 0.255 e. The van der Waals surface area contributed by atoms with E-state index in [0.717, 1.165) is 17.9 Å². The zero-order valence-corrected chi connectivity index (χ0v) is 15.8. The summed E-state index contributed by atoms with van der Waals surface area (Å²) in [6.45, 7) is 3.28. The predicted molar refractivity (Wildman–Crippen MR) is 105 cm³/mol. The van der Waals surface area contributed by atoms with Crippen LogP contribution in [0.1, 0.15) is 10.4 Å². The molecule has 2 aromatic rings. The second kappa shape index (κ2) is 9.59. The van der Waals surface area contributed by atoms with Gasteiger partial charge in [0.15, 0.2) is 0 Å². The first kappa shape index (κ1) is 19.5. The van der Waals surface area contributed by atoms with Crippen LogP contribution in [0.2, 0.25) is 0 Å². The van der Waals surface area contributed by atoms with Crippen LogP contribution in [0.5, 0.6) is 11.5 Å². The molecule has 1 aromatic heterocycles. The minimum atomic E-state index is -0.0626. The third kappa shape index (κ3) is 5.12. The molecule has 1 fully saturated rings. The van der Waals surface area contributed by atoms with E-state index in [0.29, 0.717) is 50.7 Å². The van der Waals surface area contributed by atoms with Crippen molar-refractivity contribution in [3.8, 4) is 11.5 Å². The Bertz CT molecular complexity index is 772. The summed E-state index contributed by atoms with van der Waals surface area (Å²) in [6.07, 6.45) is 2.39. The number of rotatable bonds is 8. The lowest BCUT2D eigenvalue weighted by Gasteiger charge is -2.32. The number of pyridine rings is 1. The number of hydrogen-bond donors (Lipinski definition) is 1. The van der Waals surface area contributed by atoms with Crippen LogP contribution in [-0.2, 0) is 4.79 Å². The molecule has 1 aromatic carbocycles. The van der Waals surface area contributed by atoms with Gasteiger partial charge in [-0.25, -0.2) is 4.98 Å². The third-order valence-corrected chi connectivity index (χ3v) is 4.50. The van der Waals surface area contributed by atoms with Gasteiger partial charge in [-0.15, -0.1) is 0 Å². The number of anilines is 1. The molecule has 2 heterocycles. The number of methoxy groups -OCH3 is 1. The van der Waals surface area contributed by atoms with Gasteiger partial charge in [0.05, 0.1) is 19.2 Å². The monoisotopic (exact) mass is 384 g/mol. The SMILES string of the molecule is COc1ccc(OCCNc2ccc(C(=O)N3CCN(C=O)CC3)cn2)cc1. The molecular formula is C20H24N4O4. The minimum Gasteiger partial charge on any atom is -0.497 e. The molecule has 3 rings (SSSR count). The molecule has 0 atom stereocenters. The third-order valence-electron chi connectivity index (χ3n) is 4.50. The summed E-state index contributed by atoms with van der Waals surface area (Å²) in [5.74, 6) is 2.18. The number of carbonyl (C=O) groups excluding carboxylic acids is 2. The average Bonchev–Trinajstić information content (AvgIpc) is 2.77. The summed E-state index contributed by atoms with van der Waals surface area (Å²) < 4.78 is 10.8. The van der Waals surface area contributed by atoms with Gasteiger partial charge in [-0.1, -0.05) is 0 Å². The van der Waals surface area contributed by atoms with Gasteiger partial charge < -0.3 is 24.6 Å². The van der Waals surface area contributed by atoms with E-state index in [4.69, 9.17) is 9.47 Å². The molecule has 148 valence electrons. The van der Waals surface area contributed by atoms with E-state index in [1.165, 1.54) is 0 Å². The molecule has 28 heavy (non-hydrogen) atoms. The molecule has 1 aliphatic heterocycles. The summed E-state index contributed by atoms with van der Waals surface area (Å²) in [4.78, 5) is 31.0. The Labute approximate surface area is 164 Å². The van der Waals surface area contributed by atoms with Crippen LogP contribution in [0.15, 0.2) is 42.6 Å². The quantitative estimate of drug-likeness (QED) is 0.548. The van der Waals surface area contributed by atoms with Crippen LogP contribution in [0, 0.1) is 0 Å². The van der Waals surface area contributed by atoms with Crippen LogP contribution in [0.25, 0.3) is 0 Å². The average molecular weight is 384 g/mol. The molecule has 8 nitrogen and oxygen atoms in total. The molecule has 0 spiro atoms. The summed E-state index contributed by atoms with van der Waals surface area (Å²) in [5, 5.41) is 3.17. The van der Waals surface area contributed by atoms with Gasteiger partial charge in [0.2, 0.25) is 6.41 Å². The van der Waals surface area contributed by atoms with Gasteiger partial charge in [0.25, 0.3) is 5.91 Å². The van der Waals surface area contributed by atoms with E-state index >= 15 is 0 Å². The fourth-order valence-corrected chi connectivity index (χ4v) is 2.86.